The minimum absolute atomic E-state index is 0.00494. The van der Waals surface area contributed by atoms with Crippen molar-refractivity contribution < 1.29 is 29.3 Å². The molecule has 1 fully saturated rings. The van der Waals surface area contributed by atoms with Gasteiger partial charge in [0.05, 0.1) is 31.0 Å². The van der Waals surface area contributed by atoms with E-state index in [-0.39, 0.29) is 19.6 Å². The standard InChI is InChI=1S/C67H128O6/c1-2-3-4-5-6-7-8-9-10-11-12-13-14-15-16-17-18-19-20-21-22-23-24-25-26-27-28-29-30-31-32-33-34-35-36-37-38-39-40-41-42-43-44-45-46-47-48-49-50-51-52-53-54-55-56-57-58-64-59-65(70)72-62-67(60-68,61-69)63-73-66(64)71/h21-22,64,68-69H,2-20,23-63H2,1H3/b22-21+. The summed E-state index contributed by atoms with van der Waals surface area (Å²) in [4.78, 5) is 24.7. The molecule has 6 nitrogen and oxygen atoms in total. The van der Waals surface area contributed by atoms with Crippen LogP contribution in [-0.2, 0) is 19.1 Å². The van der Waals surface area contributed by atoms with E-state index in [1.807, 2.05) is 0 Å². The number of carbonyl (C=O) groups is 2. The van der Waals surface area contributed by atoms with Crippen LogP contribution >= 0.6 is 0 Å². The number of hydrogen-bond acceptors (Lipinski definition) is 6. The topological polar surface area (TPSA) is 93.1 Å². The highest BCUT2D eigenvalue weighted by atomic mass is 16.6. The molecule has 1 unspecified atom stereocenters. The highest BCUT2D eigenvalue weighted by Gasteiger charge is 2.36. The molecule has 0 amide bonds. The Kier molecular flexibility index (Phi) is 54.2. The van der Waals surface area contributed by atoms with Gasteiger partial charge in [-0.2, -0.15) is 0 Å². The molecule has 6 heteroatoms. The van der Waals surface area contributed by atoms with Crippen LogP contribution in [0.4, 0.5) is 0 Å². The SMILES string of the molecule is CCCCCCCCCCCCCCCCCCCC/C=C/CCCCCCCCCCCCCCCCCCCCCCCCCCCCCCCCCCCCC1CC(=O)OCC(CO)(CO)COC1=O. The quantitative estimate of drug-likeness (QED) is 0.0358. The fourth-order valence-electron chi connectivity index (χ4n) is 11.1. The molecule has 2 N–H and O–H groups in total. The molecule has 1 heterocycles. The normalized spacial score (nSPS) is 15.2. The third-order valence-corrected chi connectivity index (χ3v) is 16.5. The number of cyclic esters (lactones) is 2. The van der Waals surface area contributed by atoms with E-state index in [0.29, 0.717) is 6.42 Å². The van der Waals surface area contributed by atoms with Crippen LogP contribution in [0.5, 0.6) is 0 Å². The number of allylic oxidation sites excluding steroid dienone is 2. The Labute approximate surface area is 455 Å². The highest BCUT2D eigenvalue weighted by Crippen LogP contribution is 2.25. The zero-order valence-electron chi connectivity index (χ0n) is 49.2. The van der Waals surface area contributed by atoms with Gasteiger partial charge >= 0.3 is 11.9 Å². The van der Waals surface area contributed by atoms with E-state index >= 15 is 0 Å². The molecule has 0 radical (unpaired) electrons. The molecular formula is C67H128O6. The van der Waals surface area contributed by atoms with Crippen LogP contribution in [-0.4, -0.2) is 48.6 Å². The number of hydrogen-bond donors (Lipinski definition) is 2. The van der Waals surface area contributed by atoms with E-state index in [9.17, 15) is 19.8 Å². The summed E-state index contributed by atoms with van der Waals surface area (Å²) in [5, 5.41) is 19.2. The Bertz CT molecular complexity index is 1150. The first-order valence-corrected chi connectivity index (χ1v) is 33.3. The lowest BCUT2D eigenvalue weighted by Gasteiger charge is -2.27. The Morgan fingerprint density at radius 1 is 0.356 bits per heavy atom. The molecular weight excluding hydrogens is 901 g/mol. The van der Waals surface area contributed by atoms with Gasteiger partial charge in [0.1, 0.15) is 13.2 Å². The van der Waals surface area contributed by atoms with Crippen molar-refractivity contribution in [3.63, 3.8) is 0 Å². The van der Waals surface area contributed by atoms with Crippen LogP contribution in [0, 0.1) is 11.3 Å². The van der Waals surface area contributed by atoms with E-state index < -0.39 is 36.5 Å². The van der Waals surface area contributed by atoms with Crippen LogP contribution < -0.4 is 0 Å². The Morgan fingerprint density at radius 3 is 0.849 bits per heavy atom. The molecule has 432 valence electrons. The van der Waals surface area contributed by atoms with Crippen molar-refractivity contribution in [2.75, 3.05) is 26.4 Å². The Hall–Kier alpha value is -1.40. The van der Waals surface area contributed by atoms with E-state index in [0.717, 1.165) is 19.3 Å². The predicted molar refractivity (Wildman–Crippen MR) is 315 cm³/mol. The number of ether oxygens (including phenoxy) is 2. The molecule has 73 heavy (non-hydrogen) atoms. The second-order valence-corrected chi connectivity index (χ2v) is 23.9. The smallest absolute Gasteiger partial charge is 0.309 e. The second kappa shape index (κ2) is 56.8. The highest BCUT2D eigenvalue weighted by molar-refractivity contribution is 5.80. The predicted octanol–water partition coefficient (Wildman–Crippen LogP) is 21.1. The monoisotopic (exact) mass is 1030 g/mol. The molecule has 0 aromatic heterocycles. The summed E-state index contributed by atoms with van der Waals surface area (Å²) in [5.74, 6) is -1.40. The number of carbonyl (C=O) groups excluding carboxylic acids is 2. The van der Waals surface area contributed by atoms with Gasteiger partial charge in [-0.3, -0.25) is 9.59 Å². The third-order valence-electron chi connectivity index (χ3n) is 16.5. The lowest BCUT2D eigenvalue weighted by Crippen LogP contribution is -2.40. The zero-order valence-corrected chi connectivity index (χ0v) is 49.2. The second-order valence-electron chi connectivity index (χ2n) is 23.9. The molecule has 0 spiro atoms. The molecule has 1 rings (SSSR count). The van der Waals surface area contributed by atoms with Crippen molar-refractivity contribution in [1.82, 2.24) is 0 Å². The van der Waals surface area contributed by atoms with Gasteiger partial charge < -0.3 is 19.7 Å². The van der Waals surface area contributed by atoms with Crippen molar-refractivity contribution in [1.29, 1.82) is 0 Å². The van der Waals surface area contributed by atoms with Gasteiger partial charge in [0.25, 0.3) is 0 Å². The average Bonchev–Trinajstić information content (AvgIpc) is 3.46. The number of aliphatic hydroxyl groups excluding tert-OH is 2. The largest absolute Gasteiger partial charge is 0.465 e. The van der Waals surface area contributed by atoms with Crippen LogP contribution in [0.3, 0.4) is 0 Å². The maximum absolute atomic E-state index is 12.5. The van der Waals surface area contributed by atoms with E-state index in [4.69, 9.17) is 9.47 Å². The molecule has 0 aromatic rings. The summed E-state index contributed by atoms with van der Waals surface area (Å²) in [5.41, 5.74) is -1.12. The van der Waals surface area contributed by atoms with Gasteiger partial charge in [0.15, 0.2) is 0 Å². The molecule has 1 aliphatic rings. The third kappa shape index (κ3) is 48.7. The van der Waals surface area contributed by atoms with Gasteiger partial charge in [0.2, 0.25) is 0 Å². The van der Waals surface area contributed by atoms with Crippen molar-refractivity contribution in [2.45, 2.75) is 366 Å². The molecule has 1 saturated heterocycles. The molecule has 0 saturated carbocycles. The molecule has 1 atom stereocenters. The number of unbranched alkanes of at least 4 members (excludes halogenated alkanes) is 52. The van der Waals surface area contributed by atoms with E-state index in [2.05, 4.69) is 19.1 Å². The van der Waals surface area contributed by atoms with Crippen LogP contribution in [0.1, 0.15) is 366 Å². The number of aliphatic hydroxyl groups is 2. The maximum Gasteiger partial charge on any atom is 0.309 e. The van der Waals surface area contributed by atoms with Crippen molar-refractivity contribution >= 4 is 11.9 Å². The molecule has 1 aliphatic heterocycles. The first-order chi connectivity index (χ1) is 36.1. The lowest BCUT2D eigenvalue weighted by molar-refractivity contribution is -0.155. The number of rotatable bonds is 58. The fraction of sp³-hybridized carbons (Fsp3) is 0.940. The van der Waals surface area contributed by atoms with Gasteiger partial charge in [-0.15, -0.1) is 0 Å². The summed E-state index contributed by atoms with van der Waals surface area (Å²) in [6.07, 6.45) is 81.6. The van der Waals surface area contributed by atoms with E-state index in [1.54, 1.807) is 0 Å². The van der Waals surface area contributed by atoms with Crippen LogP contribution in [0.25, 0.3) is 0 Å². The van der Waals surface area contributed by atoms with E-state index in [1.165, 1.54) is 327 Å². The summed E-state index contributed by atoms with van der Waals surface area (Å²) in [6, 6.07) is 0. The van der Waals surface area contributed by atoms with Gasteiger partial charge in [-0.05, 0) is 32.1 Å². The van der Waals surface area contributed by atoms with Crippen LogP contribution in [0.2, 0.25) is 0 Å². The van der Waals surface area contributed by atoms with Crippen molar-refractivity contribution in [3.8, 4) is 0 Å². The summed E-state index contributed by atoms with van der Waals surface area (Å²) >= 11 is 0. The average molecular weight is 1030 g/mol. The van der Waals surface area contributed by atoms with Crippen LogP contribution in [0.15, 0.2) is 12.2 Å². The zero-order chi connectivity index (χ0) is 52.5. The van der Waals surface area contributed by atoms with Crippen molar-refractivity contribution in [2.24, 2.45) is 11.3 Å². The van der Waals surface area contributed by atoms with Gasteiger partial charge in [-0.25, -0.2) is 0 Å². The van der Waals surface area contributed by atoms with Gasteiger partial charge in [0, 0.05) is 0 Å². The minimum atomic E-state index is -1.12. The minimum Gasteiger partial charge on any atom is -0.465 e. The molecule has 0 bridgehead atoms. The summed E-state index contributed by atoms with van der Waals surface area (Å²) in [7, 11) is 0. The lowest BCUT2D eigenvalue weighted by atomic mass is 9.92. The first-order valence-electron chi connectivity index (χ1n) is 33.3. The molecule has 0 aromatic carbocycles. The summed E-state index contributed by atoms with van der Waals surface area (Å²) < 4.78 is 10.6. The molecule has 0 aliphatic carbocycles. The Morgan fingerprint density at radius 2 is 0.589 bits per heavy atom. The van der Waals surface area contributed by atoms with Gasteiger partial charge in [-0.1, -0.05) is 340 Å². The summed E-state index contributed by atoms with van der Waals surface area (Å²) in [6.45, 7) is 1.21. The Balaban J connectivity index is 1.67. The fourth-order valence-corrected chi connectivity index (χ4v) is 11.1. The number of esters is 2. The van der Waals surface area contributed by atoms with Crippen molar-refractivity contribution in [3.05, 3.63) is 12.2 Å². The maximum atomic E-state index is 12.5. The first kappa shape index (κ1) is 69.6.